The Morgan fingerprint density at radius 1 is 0.913 bits per heavy atom. The molecule has 116 valence electrons. The molecule has 0 aliphatic heterocycles. The molecular formula is C19H19N3O. The number of rotatable bonds is 3. The van der Waals surface area contributed by atoms with E-state index < -0.39 is 0 Å². The predicted octanol–water partition coefficient (Wildman–Crippen LogP) is 3.84. The molecule has 0 saturated carbocycles. The van der Waals surface area contributed by atoms with E-state index in [1.54, 1.807) is 10.9 Å². The molecule has 0 bridgehead atoms. The molecular weight excluding hydrogens is 286 g/mol. The van der Waals surface area contributed by atoms with Gasteiger partial charge in [0.1, 0.15) is 0 Å². The lowest BCUT2D eigenvalue weighted by Gasteiger charge is -2.01. The van der Waals surface area contributed by atoms with Crippen LogP contribution >= 0.6 is 0 Å². The number of hydrogen-bond acceptors (Lipinski definition) is 2. The van der Waals surface area contributed by atoms with Gasteiger partial charge in [0.15, 0.2) is 0 Å². The molecule has 0 aliphatic rings. The van der Waals surface area contributed by atoms with Crippen molar-refractivity contribution in [3.63, 3.8) is 0 Å². The summed E-state index contributed by atoms with van der Waals surface area (Å²) < 4.78 is 1.55. The lowest BCUT2D eigenvalue weighted by atomic mass is 10.2. The number of H-pyrrole nitrogens is 1. The topological polar surface area (TPSA) is 50.1 Å². The van der Waals surface area contributed by atoms with Crippen molar-refractivity contribution in [2.24, 2.45) is 4.99 Å². The maximum atomic E-state index is 12.6. The van der Waals surface area contributed by atoms with E-state index in [0.717, 1.165) is 22.6 Å². The third-order valence-corrected chi connectivity index (χ3v) is 3.79. The van der Waals surface area contributed by atoms with E-state index in [1.807, 2.05) is 69.3 Å². The SMILES string of the molecule is Cc1ccc(N=Cc2c(C)[nH]n(-c3ccc(C)cc3)c2=O)cc1. The van der Waals surface area contributed by atoms with Gasteiger partial charge < -0.3 is 0 Å². The first-order valence-electron chi connectivity index (χ1n) is 7.54. The van der Waals surface area contributed by atoms with E-state index in [0.29, 0.717) is 5.56 Å². The Hall–Kier alpha value is -2.88. The maximum absolute atomic E-state index is 12.6. The summed E-state index contributed by atoms with van der Waals surface area (Å²) in [6.45, 7) is 5.93. The van der Waals surface area contributed by atoms with Gasteiger partial charge in [-0.15, -0.1) is 0 Å². The summed E-state index contributed by atoms with van der Waals surface area (Å²) >= 11 is 0. The molecule has 0 unspecified atom stereocenters. The summed E-state index contributed by atoms with van der Waals surface area (Å²) in [5, 5.41) is 3.11. The van der Waals surface area contributed by atoms with Crippen LogP contribution < -0.4 is 5.56 Å². The zero-order valence-corrected chi connectivity index (χ0v) is 13.5. The number of nitrogens with one attached hydrogen (secondary N) is 1. The third kappa shape index (κ3) is 3.16. The molecule has 23 heavy (non-hydrogen) atoms. The molecule has 4 nitrogen and oxygen atoms in total. The normalized spacial score (nSPS) is 11.3. The maximum Gasteiger partial charge on any atom is 0.280 e. The number of aromatic nitrogens is 2. The molecule has 0 amide bonds. The van der Waals surface area contributed by atoms with Crippen LogP contribution in [0.3, 0.4) is 0 Å². The molecule has 0 atom stereocenters. The fraction of sp³-hybridized carbons (Fsp3) is 0.158. The van der Waals surface area contributed by atoms with Crippen molar-refractivity contribution < 1.29 is 0 Å². The van der Waals surface area contributed by atoms with Crippen molar-refractivity contribution in [2.75, 3.05) is 0 Å². The second kappa shape index (κ2) is 6.08. The monoisotopic (exact) mass is 305 g/mol. The van der Waals surface area contributed by atoms with Gasteiger partial charge >= 0.3 is 0 Å². The predicted molar refractivity (Wildman–Crippen MR) is 94.3 cm³/mol. The van der Waals surface area contributed by atoms with Crippen molar-refractivity contribution in [3.05, 3.63) is 81.3 Å². The molecule has 1 heterocycles. The van der Waals surface area contributed by atoms with Crippen LogP contribution in [-0.2, 0) is 0 Å². The smallest absolute Gasteiger partial charge is 0.280 e. The van der Waals surface area contributed by atoms with Crippen LogP contribution in [0.5, 0.6) is 0 Å². The zero-order chi connectivity index (χ0) is 16.4. The minimum absolute atomic E-state index is 0.0952. The second-order valence-electron chi connectivity index (χ2n) is 5.72. The Morgan fingerprint density at radius 3 is 2.09 bits per heavy atom. The fourth-order valence-corrected chi connectivity index (χ4v) is 2.36. The Kier molecular flexibility index (Phi) is 3.98. The van der Waals surface area contributed by atoms with E-state index in [4.69, 9.17) is 0 Å². The summed E-state index contributed by atoms with van der Waals surface area (Å²) in [7, 11) is 0. The standard InChI is InChI=1S/C19H19N3O/c1-13-4-8-16(9-5-13)20-12-18-15(3)21-22(19(18)23)17-10-6-14(2)7-11-17/h4-12,21H,1-3H3. The van der Waals surface area contributed by atoms with Gasteiger partial charge in [0.2, 0.25) is 0 Å². The van der Waals surface area contributed by atoms with Gasteiger partial charge in [0.25, 0.3) is 5.56 Å². The molecule has 1 aromatic heterocycles. The Balaban J connectivity index is 1.96. The van der Waals surface area contributed by atoms with E-state index in [-0.39, 0.29) is 5.56 Å². The average Bonchev–Trinajstić information content (AvgIpc) is 2.82. The minimum atomic E-state index is -0.0952. The average molecular weight is 305 g/mol. The largest absolute Gasteiger partial charge is 0.295 e. The van der Waals surface area contributed by atoms with Crippen molar-refractivity contribution in [3.8, 4) is 5.69 Å². The van der Waals surface area contributed by atoms with Crippen LogP contribution in [0.4, 0.5) is 5.69 Å². The van der Waals surface area contributed by atoms with Crippen molar-refractivity contribution >= 4 is 11.9 Å². The van der Waals surface area contributed by atoms with E-state index in [9.17, 15) is 4.79 Å². The number of benzene rings is 2. The van der Waals surface area contributed by atoms with Gasteiger partial charge in [-0.2, -0.15) is 0 Å². The van der Waals surface area contributed by atoms with Gasteiger partial charge in [-0.05, 0) is 45.0 Å². The van der Waals surface area contributed by atoms with Crippen LogP contribution in [0, 0.1) is 20.8 Å². The summed E-state index contributed by atoms with van der Waals surface area (Å²) in [5.74, 6) is 0. The van der Waals surface area contributed by atoms with E-state index in [2.05, 4.69) is 10.1 Å². The number of aliphatic imine (C=N–C) groups is 1. The second-order valence-corrected chi connectivity index (χ2v) is 5.72. The quantitative estimate of drug-likeness (QED) is 0.734. The first-order chi connectivity index (χ1) is 11.0. The lowest BCUT2D eigenvalue weighted by Crippen LogP contribution is -2.17. The highest BCUT2D eigenvalue weighted by atomic mass is 16.1. The summed E-state index contributed by atoms with van der Waals surface area (Å²) in [4.78, 5) is 17.0. The minimum Gasteiger partial charge on any atom is -0.295 e. The zero-order valence-electron chi connectivity index (χ0n) is 13.5. The van der Waals surface area contributed by atoms with Gasteiger partial charge in [-0.3, -0.25) is 14.9 Å². The Morgan fingerprint density at radius 2 is 1.48 bits per heavy atom. The summed E-state index contributed by atoms with van der Waals surface area (Å²) in [5.41, 5.74) is 5.27. The third-order valence-electron chi connectivity index (χ3n) is 3.79. The van der Waals surface area contributed by atoms with Gasteiger partial charge in [0, 0.05) is 11.9 Å². The van der Waals surface area contributed by atoms with Crippen molar-refractivity contribution in [1.82, 2.24) is 9.78 Å². The van der Waals surface area contributed by atoms with Crippen LogP contribution in [0.25, 0.3) is 5.69 Å². The first-order valence-corrected chi connectivity index (χ1v) is 7.54. The van der Waals surface area contributed by atoms with E-state index >= 15 is 0 Å². The number of aryl methyl sites for hydroxylation is 3. The molecule has 1 N–H and O–H groups in total. The highest BCUT2D eigenvalue weighted by Crippen LogP contribution is 2.13. The Bertz CT molecular complexity index is 897. The first kappa shape index (κ1) is 15.0. The molecule has 0 radical (unpaired) electrons. The molecule has 2 aromatic carbocycles. The van der Waals surface area contributed by atoms with Gasteiger partial charge in [0.05, 0.1) is 16.9 Å². The van der Waals surface area contributed by atoms with Crippen LogP contribution in [0.15, 0.2) is 58.3 Å². The molecule has 4 heteroatoms. The lowest BCUT2D eigenvalue weighted by molar-refractivity contribution is 0.835. The number of hydrogen-bond donors (Lipinski definition) is 1. The number of aromatic amines is 1. The summed E-state index contributed by atoms with van der Waals surface area (Å²) in [6, 6.07) is 15.7. The van der Waals surface area contributed by atoms with Crippen molar-refractivity contribution in [2.45, 2.75) is 20.8 Å². The molecule has 3 rings (SSSR count). The van der Waals surface area contributed by atoms with Gasteiger partial charge in [-0.25, -0.2) is 4.68 Å². The molecule has 0 saturated heterocycles. The van der Waals surface area contributed by atoms with E-state index in [1.165, 1.54) is 5.56 Å². The highest BCUT2D eigenvalue weighted by molar-refractivity contribution is 5.83. The molecule has 0 aliphatic carbocycles. The van der Waals surface area contributed by atoms with Gasteiger partial charge in [-0.1, -0.05) is 35.4 Å². The van der Waals surface area contributed by atoms with Crippen LogP contribution in [0.2, 0.25) is 0 Å². The fourth-order valence-electron chi connectivity index (χ4n) is 2.36. The van der Waals surface area contributed by atoms with Crippen LogP contribution in [-0.4, -0.2) is 16.0 Å². The molecule has 0 fully saturated rings. The van der Waals surface area contributed by atoms with Crippen LogP contribution in [0.1, 0.15) is 22.4 Å². The molecule has 0 spiro atoms. The highest BCUT2D eigenvalue weighted by Gasteiger charge is 2.10. The van der Waals surface area contributed by atoms with Crippen molar-refractivity contribution in [1.29, 1.82) is 0 Å². The summed E-state index contributed by atoms with van der Waals surface area (Å²) in [6.07, 6.45) is 1.63. The number of nitrogens with zero attached hydrogens (tertiary/aromatic N) is 2. The molecule has 3 aromatic rings. The Labute approximate surface area is 135 Å².